The third-order valence-corrected chi connectivity index (χ3v) is 6.11. The number of nitrogens with zero attached hydrogens (tertiary/aromatic N) is 1. The van der Waals surface area contributed by atoms with Crippen molar-refractivity contribution in [2.75, 3.05) is 6.26 Å². The molecule has 2 heterocycles. The molecule has 1 aliphatic rings. The van der Waals surface area contributed by atoms with Gasteiger partial charge in [0.15, 0.2) is 9.84 Å². The maximum Gasteiger partial charge on any atom is 0.335 e. The van der Waals surface area contributed by atoms with Gasteiger partial charge in [0.2, 0.25) is 0 Å². The number of sulfone groups is 1. The summed E-state index contributed by atoms with van der Waals surface area (Å²) < 4.78 is 28.8. The van der Waals surface area contributed by atoms with Gasteiger partial charge in [-0.15, -0.1) is 11.3 Å². The second-order valence-electron chi connectivity index (χ2n) is 6.48. The van der Waals surface area contributed by atoms with Gasteiger partial charge in [-0.05, 0) is 38.0 Å². The van der Waals surface area contributed by atoms with Gasteiger partial charge in [0.05, 0.1) is 9.90 Å². The van der Waals surface area contributed by atoms with Crippen LogP contribution in [0.25, 0.3) is 5.57 Å². The van der Waals surface area contributed by atoms with Gasteiger partial charge in [0.25, 0.3) is 0 Å². The van der Waals surface area contributed by atoms with Gasteiger partial charge in [0.1, 0.15) is 5.60 Å². The summed E-state index contributed by atoms with van der Waals surface area (Å²) in [5.74, 6) is -0.316. The predicted octanol–water partition coefficient (Wildman–Crippen LogP) is 3.27. The molecule has 2 aromatic rings. The second-order valence-corrected chi connectivity index (χ2v) is 9.47. The quantitative estimate of drug-likeness (QED) is 0.748. The van der Waals surface area contributed by atoms with Crippen molar-refractivity contribution >= 4 is 32.7 Å². The number of cyclic esters (lactones) is 1. The first-order valence-electron chi connectivity index (χ1n) is 7.84. The van der Waals surface area contributed by atoms with Crippen LogP contribution in [-0.2, 0) is 25.8 Å². The highest BCUT2D eigenvalue weighted by Gasteiger charge is 2.40. The molecule has 25 heavy (non-hydrogen) atoms. The fraction of sp³-hybridized carbons (Fsp3) is 0.333. The van der Waals surface area contributed by atoms with Crippen molar-refractivity contribution < 1.29 is 17.9 Å². The molecular weight excluding hydrogens is 358 g/mol. The molecule has 0 saturated heterocycles. The first-order valence-corrected chi connectivity index (χ1v) is 10.6. The van der Waals surface area contributed by atoms with Crippen LogP contribution in [0, 0.1) is 0 Å². The van der Waals surface area contributed by atoms with Crippen LogP contribution in [0.1, 0.15) is 30.8 Å². The van der Waals surface area contributed by atoms with Gasteiger partial charge < -0.3 is 4.74 Å². The summed E-state index contributed by atoms with van der Waals surface area (Å²) in [6, 6.07) is 6.60. The number of rotatable bonds is 5. The summed E-state index contributed by atoms with van der Waals surface area (Å²) in [6.07, 6.45) is 4.13. The van der Waals surface area contributed by atoms with Gasteiger partial charge in [-0.3, -0.25) is 0 Å². The first kappa shape index (κ1) is 17.8. The minimum absolute atomic E-state index is 0.254. The van der Waals surface area contributed by atoms with Gasteiger partial charge in [-0.1, -0.05) is 12.1 Å². The molecule has 7 heteroatoms. The molecule has 1 aromatic carbocycles. The zero-order chi connectivity index (χ0) is 18.2. The lowest BCUT2D eigenvalue weighted by Gasteiger charge is -2.22. The number of thiazole rings is 1. The molecule has 3 rings (SSSR count). The average Bonchev–Trinajstić information content (AvgIpc) is 3.10. The number of esters is 1. The summed E-state index contributed by atoms with van der Waals surface area (Å²) in [5.41, 5.74) is 1.50. The molecule has 0 fully saturated rings. The maximum atomic E-state index is 12.4. The maximum absolute atomic E-state index is 12.4. The number of carbonyl (C=O) groups excluding carboxylic acids is 1. The predicted molar refractivity (Wildman–Crippen MR) is 97.1 cm³/mol. The molecule has 0 unspecified atom stereocenters. The summed E-state index contributed by atoms with van der Waals surface area (Å²) in [4.78, 5) is 16.9. The molecule has 0 amide bonds. The van der Waals surface area contributed by atoms with Crippen molar-refractivity contribution in [1.29, 1.82) is 0 Å². The molecule has 0 bridgehead atoms. The molecule has 0 atom stereocenters. The van der Waals surface area contributed by atoms with E-state index in [4.69, 9.17) is 4.74 Å². The van der Waals surface area contributed by atoms with E-state index in [1.165, 1.54) is 6.26 Å². The minimum Gasteiger partial charge on any atom is -0.451 e. The van der Waals surface area contributed by atoms with Gasteiger partial charge >= 0.3 is 5.97 Å². The zero-order valence-electron chi connectivity index (χ0n) is 14.3. The van der Waals surface area contributed by atoms with Crippen molar-refractivity contribution in [2.24, 2.45) is 0 Å². The summed E-state index contributed by atoms with van der Waals surface area (Å²) in [5, 5.41) is 2.88. The van der Waals surface area contributed by atoms with Crippen molar-refractivity contribution in [3.05, 3.63) is 52.0 Å². The third kappa shape index (κ3) is 3.67. The van der Waals surface area contributed by atoms with Gasteiger partial charge in [-0.25, -0.2) is 18.2 Å². The SMILES string of the molecule is CC1(C)OC(=O)C(CCc2nccs2)=C1c1ccc(S(C)(=O)=O)cc1. The van der Waals surface area contributed by atoms with Crippen LogP contribution in [0.5, 0.6) is 0 Å². The highest BCUT2D eigenvalue weighted by atomic mass is 32.2. The fourth-order valence-electron chi connectivity index (χ4n) is 3.04. The van der Waals surface area contributed by atoms with Crippen LogP contribution >= 0.6 is 11.3 Å². The normalized spacial score (nSPS) is 17.0. The molecule has 0 radical (unpaired) electrons. The van der Waals surface area contributed by atoms with Crippen molar-refractivity contribution in [1.82, 2.24) is 4.98 Å². The highest BCUT2D eigenvalue weighted by Crippen LogP contribution is 2.41. The lowest BCUT2D eigenvalue weighted by atomic mass is 9.88. The molecule has 5 nitrogen and oxygen atoms in total. The number of hydrogen-bond acceptors (Lipinski definition) is 6. The Balaban J connectivity index is 1.99. The van der Waals surface area contributed by atoms with Gasteiger partial charge in [0, 0.05) is 35.4 Å². The number of hydrogen-bond donors (Lipinski definition) is 0. The number of ether oxygens (including phenoxy) is 1. The van der Waals surface area contributed by atoms with E-state index >= 15 is 0 Å². The number of benzene rings is 1. The minimum atomic E-state index is -3.26. The Kier molecular flexibility index (Phi) is 4.55. The molecule has 0 saturated carbocycles. The van der Waals surface area contributed by atoms with Crippen molar-refractivity contribution in [3.63, 3.8) is 0 Å². The van der Waals surface area contributed by atoms with E-state index in [-0.39, 0.29) is 10.9 Å². The summed E-state index contributed by atoms with van der Waals surface area (Å²) in [7, 11) is -3.26. The average molecular weight is 377 g/mol. The number of aryl methyl sites for hydroxylation is 1. The van der Waals surface area contributed by atoms with Crippen LogP contribution in [-0.4, -0.2) is 31.2 Å². The van der Waals surface area contributed by atoms with Crippen LogP contribution in [0.2, 0.25) is 0 Å². The van der Waals surface area contributed by atoms with Crippen LogP contribution < -0.4 is 0 Å². The van der Waals surface area contributed by atoms with Crippen LogP contribution in [0.15, 0.2) is 46.3 Å². The number of carbonyl (C=O) groups is 1. The highest BCUT2D eigenvalue weighted by molar-refractivity contribution is 7.90. The fourth-order valence-corrected chi connectivity index (χ4v) is 4.29. The Morgan fingerprint density at radius 3 is 2.40 bits per heavy atom. The molecule has 1 aromatic heterocycles. The standard InChI is InChI=1S/C18H19NO4S2/c1-18(2)16(12-4-6-13(7-5-12)25(3,21)22)14(17(20)23-18)8-9-15-19-10-11-24-15/h4-7,10-11H,8-9H2,1-3H3. The monoisotopic (exact) mass is 377 g/mol. The van der Waals surface area contributed by atoms with Crippen molar-refractivity contribution in [3.8, 4) is 0 Å². The Hall–Kier alpha value is -1.99. The largest absolute Gasteiger partial charge is 0.451 e. The molecule has 132 valence electrons. The van der Waals surface area contributed by atoms with Crippen LogP contribution in [0.4, 0.5) is 0 Å². The summed E-state index contributed by atoms with van der Waals surface area (Å²) in [6.45, 7) is 3.70. The van der Waals surface area contributed by atoms with E-state index < -0.39 is 15.4 Å². The Morgan fingerprint density at radius 1 is 1.16 bits per heavy atom. The van der Waals surface area contributed by atoms with E-state index in [1.807, 2.05) is 19.2 Å². The Morgan fingerprint density at radius 2 is 1.84 bits per heavy atom. The topological polar surface area (TPSA) is 73.3 Å². The van der Waals surface area contributed by atoms with E-state index in [2.05, 4.69) is 4.98 Å². The second kappa shape index (κ2) is 6.38. The molecule has 0 N–H and O–H groups in total. The van der Waals surface area contributed by atoms with E-state index in [1.54, 1.807) is 41.8 Å². The third-order valence-electron chi connectivity index (χ3n) is 4.14. The van der Waals surface area contributed by atoms with Crippen molar-refractivity contribution in [2.45, 2.75) is 37.2 Å². The Bertz CT molecular complexity index is 924. The zero-order valence-corrected chi connectivity index (χ0v) is 15.9. The lowest BCUT2D eigenvalue weighted by molar-refractivity contribution is -0.144. The molecular formula is C18H19NO4S2. The van der Waals surface area contributed by atoms with E-state index in [9.17, 15) is 13.2 Å². The van der Waals surface area contributed by atoms with E-state index in [0.717, 1.165) is 16.1 Å². The van der Waals surface area contributed by atoms with Crippen LogP contribution in [0.3, 0.4) is 0 Å². The lowest BCUT2D eigenvalue weighted by Crippen LogP contribution is -2.22. The molecule has 1 aliphatic heterocycles. The smallest absolute Gasteiger partial charge is 0.335 e. The van der Waals surface area contributed by atoms with E-state index in [0.29, 0.717) is 18.4 Å². The molecule has 0 spiro atoms. The summed E-state index contributed by atoms with van der Waals surface area (Å²) >= 11 is 1.56. The first-order chi connectivity index (χ1) is 11.7. The molecule has 0 aliphatic carbocycles. The number of aromatic nitrogens is 1. The van der Waals surface area contributed by atoms with Gasteiger partial charge in [-0.2, -0.15) is 0 Å². The Labute approximate surface area is 151 Å².